The number of carbonyl (C=O) groups is 1. The maximum absolute atomic E-state index is 12.2. The first-order chi connectivity index (χ1) is 14.6. The van der Waals surface area contributed by atoms with Gasteiger partial charge in [-0.2, -0.15) is 5.10 Å². The summed E-state index contributed by atoms with van der Waals surface area (Å²) in [6, 6.07) is 20.9. The van der Waals surface area contributed by atoms with Gasteiger partial charge in [0.2, 0.25) is 5.95 Å². The number of benzene rings is 3. The van der Waals surface area contributed by atoms with E-state index in [9.17, 15) is 9.59 Å². The molecule has 1 aromatic heterocycles. The third-order valence-corrected chi connectivity index (χ3v) is 4.49. The van der Waals surface area contributed by atoms with Crippen molar-refractivity contribution in [3.05, 3.63) is 99.3 Å². The quantitative estimate of drug-likeness (QED) is 0.336. The van der Waals surface area contributed by atoms with Crippen LogP contribution in [0.5, 0.6) is 0 Å². The van der Waals surface area contributed by atoms with Crippen molar-refractivity contribution in [1.82, 2.24) is 15.4 Å². The minimum Gasteiger partial charge on any atom is -0.326 e. The minimum atomic E-state index is -0.350. The number of aromatic amines is 1. The topological polar surface area (TPSA) is 99.2 Å². The molecule has 7 nitrogen and oxygen atoms in total. The third kappa shape index (κ3) is 4.53. The zero-order valence-electron chi connectivity index (χ0n) is 15.6. The molecular weight excluding hydrogens is 402 g/mol. The first kappa shape index (κ1) is 19.4. The van der Waals surface area contributed by atoms with Crippen molar-refractivity contribution in [2.45, 2.75) is 0 Å². The van der Waals surface area contributed by atoms with Crippen molar-refractivity contribution in [1.29, 1.82) is 0 Å². The number of hydrazone groups is 1. The standard InChI is InChI=1S/C22H16ClN5O2/c23-16-5-3-4-14(12-16)13-24-28-20(29)15-8-10-17(11-9-15)25-22-26-19-7-2-1-6-18(19)21(30)27-22/h1-13H,(H,28,29)(H2,25,26,27,30)/b24-13-. The number of halogens is 1. The lowest BCUT2D eigenvalue weighted by Gasteiger charge is -2.07. The van der Waals surface area contributed by atoms with E-state index in [1.54, 1.807) is 60.7 Å². The van der Waals surface area contributed by atoms with Crippen LogP contribution in [-0.2, 0) is 0 Å². The summed E-state index contributed by atoms with van der Waals surface area (Å²) in [6.45, 7) is 0. The van der Waals surface area contributed by atoms with Crippen LogP contribution in [0.25, 0.3) is 10.9 Å². The second-order valence-corrected chi connectivity index (χ2v) is 6.82. The van der Waals surface area contributed by atoms with Gasteiger partial charge in [0.05, 0.1) is 17.1 Å². The van der Waals surface area contributed by atoms with Gasteiger partial charge in [0.25, 0.3) is 11.5 Å². The van der Waals surface area contributed by atoms with E-state index in [-0.39, 0.29) is 11.5 Å². The highest BCUT2D eigenvalue weighted by Gasteiger charge is 2.06. The fraction of sp³-hybridized carbons (Fsp3) is 0. The molecule has 0 saturated heterocycles. The molecule has 3 aromatic carbocycles. The predicted octanol–water partition coefficient (Wildman–Crippen LogP) is 4.08. The smallest absolute Gasteiger partial charge is 0.271 e. The third-order valence-electron chi connectivity index (χ3n) is 4.25. The fourth-order valence-corrected chi connectivity index (χ4v) is 3.00. The first-order valence-electron chi connectivity index (χ1n) is 9.04. The number of H-pyrrole nitrogens is 1. The Hall–Kier alpha value is -3.97. The SMILES string of the molecule is O=C(N/N=C\c1cccc(Cl)c1)c1ccc(Nc2nc3ccccc3c(=O)[nH]2)cc1. The lowest BCUT2D eigenvalue weighted by atomic mass is 10.2. The molecule has 0 aliphatic rings. The molecule has 0 fully saturated rings. The number of amides is 1. The van der Waals surface area contributed by atoms with Crippen molar-refractivity contribution in [3.63, 3.8) is 0 Å². The highest BCUT2D eigenvalue weighted by molar-refractivity contribution is 6.30. The van der Waals surface area contributed by atoms with Crippen molar-refractivity contribution in [2.24, 2.45) is 5.10 Å². The molecule has 0 atom stereocenters. The van der Waals surface area contributed by atoms with Gasteiger partial charge in [-0.15, -0.1) is 0 Å². The van der Waals surface area contributed by atoms with Gasteiger partial charge in [0, 0.05) is 16.3 Å². The summed E-state index contributed by atoms with van der Waals surface area (Å²) in [4.78, 5) is 31.5. The Morgan fingerprint density at radius 1 is 1.03 bits per heavy atom. The minimum absolute atomic E-state index is 0.225. The second kappa shape index (κ2) is 8.59. The molecule has 0 unspecified atom stereocenters. The number of nitrogens with one attached hydrogen (secondary N) is 3. The molecule has 0 saturated carbocycles. The highest BCUT2D eigenvalue weighted by Crippen LogP contribution is 2.15. The van der Waals surface area contributed by atoms with E-state index in [1.807, 2.05) is 12.1 Å². The zero-order valence-corrected chi connectivity index (χ0v) is 16.4. The Kier molecular flexibility index (Phi) is 5.54. The average molecular weight is 418 g/mol. The molecule has 0 bridgehead atoms. The van der Waals surface area contributed by atoms with Gasteiger partial charge in [-0.05, 0) is 54.1 Å². The average Bonchev–Trinajstić information content (AvgIpc) is 2.74. The van der Waals surface area contributed by atoms with Crippen LogP contribution >= 0.6 is 11.6 Å². The van der Waals surface area contributed by atoms with Crippen molar-refractivity contribution >= 4 is 46.3 Å². The summed E-state index contributed by atoms with van der Waals surface area (Å²) >= 11 is 5.91. The number of nitrogens with zero attached hydrogens (tertiary/aromatic N) is 2. The van der Waals surface area contributed by atoms with Crippen molar-refractivity contribution < 1.29 is 4.79 Å². The summed E-state index contributed by atoms with van der Waals surface area (Å²) in [5, 5.41) is 8.09. The molecule has 0 aliphatic carbocycles. The summed E-state index contributed by atoms with van der Waals surface area (Å²) < 4.78 is 0. The Bertz CT molecular complexity index is 1300. The zero-order chi connectivity index (χ0) is 20.9. The predicted molar refractivity (Wildman–Crippen MR) is 119 cm³/mol. The molecule has 0 aliphatic heterocycles. The molecule has 4 rings (SSSR count). The van der Waals surface area contributed by atoms with Gasteiger partial charge in [0.1, 0.15) is 0 Å². The second-order valence-electron chi connectivity index (χ2n) is 6.39. The Balaban J connectivity index is 1.42. The number of rotatable bonds is 5. The Morgan fingerprint density at radius 2 is 1.83 bits per heavy atom. The number of carbonyl (C=O) groups excluding carboxylic acids is 1. The first-order valence-corrected chi connectivity index (χ1v) is 9.41. The van der Waals surface area contributed by atoms with Gasteiger partial charge in [-0.25, -0.2) is 10.4 Å². The molecular formula is C22H16ClN5O2. The van der Waals surface area contributed by atoms with E-state index in [0.717, 1.165) is 5.56 Å². The van der Waals surface area contributed by atoms with Gasteiger partial charge in [-0.3, -0.25) is 14.6 Å². The van der Waals surface area contributed by atoms with Crippen LogP contribution in [0.3, 0.4) is 0 Å². The summed E-state index contributed by atoms with van der Waals surface area (Å²) in [6.07, 6.45) is 1.52. The number of hydrogen-bond acceptors (Lipinski definition) is 5. The fourth-order valence-electron chi connectivity index (χ4n) is 2.80. The lowest BCUT2D eigenvalue weighted by molar-refractivity contribution is 0.0955. The molecule has 3 N–H and O–H groups in total. The molecule has 0 radical (unpaired) electrons. The molecule has 8 heteroatoms. The lowest BCUT2D eigenvalue weighted by Crippen LogP contribution is -2.17. The number of anilines is 2. The highest BCUT2D eigenvalue weighted by atomic mass is 35.5. The number of para-hydroxylation sites is 1. The largest absolute Gasteiger partial charge is 0.326 e. The Labute approximate surface area is 176 Å². The maximum Gasteiger partial charge on any atom is 0.271 e. The van der Waals surface area contributed by atoms with E-state index in [0.29, 0.717) is 33.1 Å². The van der Waals surface area contributed by atoms with Crippen LogP contribution in [0.15, 0.2) is 82.7 Å². The van der Waals surface area contributed by atoms with E-state index >= 15 is 0 Å². The van der Waals surface area contributed by atoms with Crippen molar-refractivity contribution in [3.8, 4) is 0 Å². The number of aromatic nitrogens is 2. The molecule has 1 amide bonds. The van der Waals surface area contributed by atoms with E-state index in [4.69, 9.17) is 11.6 Å². The summed E-state index contributed by atoms with van der Waals surface area (Å²) in [7, 11) is 0. The Morgan fingerprint density at radius 3 is 2.63 bits per heavy atom. The van der Waals surface area contributed by atoms with E-state index < -0.39 is 0 Å². The maximum atomic E-state index is 12.2. The van der Waals surface area contributed by atoms with Crippen LogP contribution in [0, 0.1) is 0 Å². The monoisotopic (exact) mass is 417 g/mol. The van der Waals surface area contributed by atoms with E-state index in [2.05, 4.69) is 25.8 Å². The van der Waals surface area contributed by atoms with Gasteiger partial charge in [0.15, 0.2) is 0 Å². The van der Waals surface area contributed by atoms with E-state index in [1.165, 1.54) is 6.21 Å². The van der Waals surface area contributed by atoms with Crippen LogP contribution < -0.4 is 16.3 Å². The van der Waals surface area contributed by atoms with Crippen LogP contribution in [0.1, 0.15) is 15.9 Å². The number of fused-ring (bicyclic) bond motifs is 1. The van der Waals surface area contributed by atoms with Gasteiger partial charge >= 0.3 is 0 Å². The summed E-state index contributed by atoms with van der Waals surface area (Å²) in [5.74, 6) is -0.0286. The molecule has 1 heterocycles. The number of hydrogen-bond donors (Lipinski definition) is 3. The molecule has 0 spiro atoms. The van der Waals surface area contributed by atoms with Crippen molar-refractivity contribution in [2.75, 3.05) is 5.32 Å². The molecule has 4 aromatic rings. The van der Waals surface area contributed by atoms with Gasteiger partial charge < -0.3 is 5.32 Å². The van der Waals surface area contributed by atoms with Crippen LogP contribution in [0.2, 0.25) is 5.02 Å². The summed E-state index contributed by atoms with van der Waals surface area (Å²) in [5.41, 5.74) is 4.72. The normalized spacial score (nSPS) is 11.0. The van der Waals surface area contributed by atoms with Gasteiger partial charge in [-0.1, -0.05) is 35.9 Å². The molecule has 30 heavy (non-hydrogen) atoms. The molecule has 148 valence electrons. The van der Waals surface area contributed by atoms with Crippen LogP contribution in [-0.4, -0.2) is 22.1 Å². The van der Waals surface area contributed by atoms with Crippen LogP contribution in [0.4, 0.5) is 11.6 Å².